The van der Waals surface area contributed by atoms with E-state index in [0.717, 1.165) is 16.6 Å². The molecule has 1 aromatic heterocycles. The second-order valence-corrected chi connectivity index (χ2v) is 4.73. The van der Waals surface area contributed by atoms with Gasteiger partial charge >= 0.3 is 5.97 Å². The summed E-state index contributed by atoms with van der Waals surface area (Å²) in [6, 6.07) is 5.42. The van der Waals surface area contributed by atoms with Crippen molar-refractivity contribution >= 4 is 34.2 Å². The highest BCUT2D eigenvalue weighted by Crippen LogP contribution is 2.30. The minimum Gasteiger partial charge on any atom is -0.462 e. The highest BCUT2D eigenvalue weighted by atomic mass is 35.5. The number of hydrogen-bond acceptors (Lipinski definition) is 4. The molecular formula is C14H15ClN2O2. The van der Waals surface area contributed by atoms with Gasteiger partial charge in [-0.05, 0) is 25.1 Å². The third kappa shape index (κ3) is 2.63. The summed E-state index contributed by atoms with van der Waals surface area (Å²) in [5.41, 5.74) is 2.01. The Bertz CT molecular complexity index is 626. The minimum atomic E-state index is -0.374. The summed E-state index contributed by atoms with van der Waals surface area (Å²) in [6.07, 6.45) is 1.55. The summed E-state index contributed by atoms with van der Waals surface area (Å²) in [7, 11) is 3.75. The van der Waals surface area contributed by atoms with Gasteiger partial charge in [0.15, 0.2) is 0 Å². The molecular weight excluding hydrogens is 264 g/mol. The van der Waals surface area contributed by atoms with Crippen molar-refractivity contribution in [2.45, 2.75) is 6.92 Å². The molecule has 1 heterocycles. The molecule has 0 amide bonds. The van der Waals surface area contributed by atoms with Crippen molar-refractivity contribution in [2.24, 2.45) is 0 Å². The number of anilines is 1. The summed E-state index contributed by atoms with van der Waals surface area (Å²) >= 11 is 6.03. The number of esters is 1. The molecule has 1 aromatic carbocycles. The highest BCUT2D eigenvalue weighted by Gasteiger charge is 2.18. The fourth-order valence-corrected chi connectivity index (χ4v) is 2.16. The van der Waals surface area contributed by atoms with Gasteiger partial charge in [0.05, 0.1) is 17.8 Å². The molecule has 0 aliphatic rings. The highest BCUT2D eigenvalue weighted by molar-refractivity contribution is 6.31. The van der Waals surface area contributed by atoms with Crippen molar-refractivity contribution in [1.82, 2.24) is 4.98 Å². The number of nitrogens with zero attached hydrogens (tertiary/aromatic N) is 2. The molecule has 0 aliphatic carbocycles. The van der Waals surface area contributed by atoms with Gasteiger partial charge in [-0.2, -0.15) is 0 Å². The molecule has 0 unspecified atom stereocenters. The molecule has 0 spiro atoms. The van der Waals surface area contributed by atoms with Crippen molar-refractivity contribution < 1.29 is 9.53 Å². The van der Waals surface area contributed by atoms with Gasteiger partial charge < -0.3 is 9.64 Å². The summed E-state index contributed by atoms with van der Waals surface area (Å²) in [4.78, 5) is 18.1. The van der Waals surface area contributed by atoms with E-state index in [4.69, 9.17) is 16.3 Å². The molecule has 0 saturated heterocycles. The van der Waals surface area contributed by atoms with E-state index in [0.29, 0.717) is 17.2 Å². The monoisotopic (exact) mass is 278 g/mol. The Morgan fingerprint density at radius 3 is 2.79 bits per heavy atom. The van der Waals surface area contributed by atoms with Crippen LogP contribution in [0.1, 0.15) is 17.3 Å². The molecule has 100 valence electrons. The van der Waals surface area contributed by atoms with E-state index >= 15 is 0 Å². The van der Waals surface area contributed by atoms with E-state index in [2.05, 4.69) is 4.98 Å². The zero-order valence-corrected chi connectivity index (χ0v) is 11.9. The van der Waals surface area contributed by atoms with Crippen LogP contribution < -0.4 is 4.90 Å². The number of rotatable bonds is 3. The molecule has 0 radical (unpaired) electrons. The number of pyridine rings is 1. The lowest BCUT2D eigenvalue weighted by molar-refractivity contribution is 0.0527. The molecule has 19 heavy (non-hydrogen) atoms. The average Bonchev–Trinajstić information content (AvgIpc) is 2.37. The second-order valence-electron chi connectivity index (χ2n) is 4.30. The molecule has 0 bridgehead atoms. The third-order valence-electron chi connectivity index (χ3n) is 2.74. The van der Waals surface area contributed by atoms with Crippen LogP contribution in [-0.2, 0) is 4.74 Å². The SMILES string of the molecule is CCOC(=O)c1cnc2ccc(Cl)cc2c1N(C)C. The van der Waals surface area contributed by atoms with Crippen molar-refractivity contribution in [1.29, 1.82) is 0 Å². The number of aromatic nitrogens is 1. The van der Waals surface area contributed by atoms with E-state index in [1.54, 1.807) is 19.2 Å². The smallest absolute Gasteiger partial charge is 0.341 e. The van der Waals surface area contributed by atoms with Crippen LogP contribution in [0.5, 0.6) is 0 Å². The summed E-state index contributed by atoms with van der Waals surface area (Å²) in [5.74, 6) is -0.374. The lowest BCUT2D eigenvalue weighted by Gasteiger charge is -2.18. The first-order chi connectivity index (χ1) is 9.04. The van der Waals surface area contributed by atoms with E-state index < -0.39 is 0 Å². The van der Waals surface area contributed by atoms with E-state index in [1.807, 2.05) is 31.1 Å². The number of benzene rings is 1. The van der Waals surface area contributed by atoms with Gasteiger partial charge in [0, 0.05) is 30.7 Å². The maximum absolute atomic E-state index is 12.0. The molecule has 5 heteroatoms. The first-order valence-corrected chi connectivity index (χ1v) is 6.35. The van der Waals surface area contributed by atoms with Crippen molar-refractivity contribution in [3.63, 3.8) is 0 Å². The largest absolute Gasteiger partial charge is 0.462 e. The predicted molar refractivity (Wildman–Crippen MR) is 77.0 cm³/mol. The summed E-state index contributed by atoms with van der Waals surface area (Å²) in [6.45, 7) is 2.11. The molecule has 0 fully saturated rings. The van der Waals surface area contributed by atoms with Crippen LogP contribution >= 0.6 is 11.6 Å². The fraction of sp³-hybridized carbons (Fsp3) is 0.286. The first kappa shape index (κ1) is 13.6. The van der Waals surface area contributed by atoms with Crippen LogP contribution in [0.4, 0.5) is 5.69 Å². The Morgan fingerprint density at radius 2 is 2.16 bits per heavy atom. The zero-order chi connectivity index (χ0) is 14.0. The molecule has 2 aromatic rings. The van der Waals surface area contributed by atoms with Crippen molar-refractivity contribution in [3.8, 4) is 0 Å². The predicted octanol–water partition coefficient (Wildman–Crippen LogP) is 3.13. The summed E-state index contributed by atoms with van der Waals surface area (Å²) in [5, 5.41) is 1.45. The number of halogens is 1. The number of carbonyl (C=O) groups excluding carboxylic acids is 1. The molecule has 0 atom stereocenters. The second kappa shape index (κ2) is 5.45. The topological polar surface area (TPSA) is 42.4 Å². The maximum atomic E-state index is 12.0. The molecule has 0 N–H and O–H groups in total. The molecule has 0 saturated carbocycles. The van der Waals surface area contributed by atoms with Gasteiger partial charge in [-0.25, -0.2) is 4.79 Å². The Labute approximate surface area is 116 Å². The van der Waals surface area contributed by atoms with Crippen LogP contribution in [0, 0.1) is 0 Å². The van der Waals surface area contributed by atoms with Crippen LogP contribution in [0.15, 0.2) is 24.4 Å². The standard InChI is InChI=1S/C14H15ClN2O2/c1-4-19-14(18)11-8-16-12-6-5-9(15)7-10(12)13(11)17(2)3/h5-8H,4H2,1-3H3. The number of hydrogen-bond donors (Lipinski definition) is 0. The van der Waals surface area contributed by atoms with Crippen LogP contribution in [-0.4, -0.2) is 31.7 Å². The quantitative estimate of drug-likeness (QED) is 0.809. The van der Waals surface area contributed by atoms with Gasteiger partial charge in [-0.15, -0.1) is 0 Å². The van der Waals surface area contributed by atoms with Crippen molar-refractivity contribution in [3.05, 3.63) is 35.0 Å². The van der Waals surface area contributed by atoms with Crippen molar-refractivity contribution in [2.75, 3.05) is 25.6 Å². The van der Waals surface area contributed by atoms with Gasteiger partial charge in [0.1, 0.15) is 5.56 Å². The molecule has 0 aliphatic heterocycles. The zero-order valence-electron chi connectivity index (χ0n) is 11.1. The van der Waals surface area contributed by atoms with E-state index in [9.17, 15) is 4.79 Å². The third-order valence-corrected chi connectivity index (χ3v) is 2.98. The summed E-state index contributed by atoms with van der Waals surface area (Å²) < 4.78 is 5.06. The Kier molecular flexibility index (Phi) is 3.90. The van der Waals surface area contributed by atoms with E-state index in [-0.39, 0.29) is 5.97 Å². The van der Waals surface area contributed by atoms with Crippen LogP contribution in [0.3, 0.4) is 0 Å². The molecule has 2 rings (SSSR count). The van der Waals surface area contributed by atoms with Crippen LogP contribution in [0.25, 0.3) is 10.9 Å². The lowest BCUT2D eigenvalue weighted by atomic mass is 10.1. The van der Waals surface area contributed by atoms with E-state index in [1.165, 1.54) is 0 Å². The van der Waals surface area contributed by atoms with Gasteiger partial charge in [0.25, 0.3) is 0 Å². The Balaban J connectivity index is 2.71. The fourth-order valence-electron chi connectivity index (χ4n) is 1.99. The van der Waals surface area contributed by atoms with Gasteiger partial charge in [-0.1, -0.05) is 11.6 Å². The first-order valence-electron chi connectivity index (χ1n) is 5.97. The maximum Gasteiger partial charge on any atom is 0.341 e. The minimum absolute atomic E-state index is 0.333. The van der Waals surface area contributed by atoms with Crippen LogP contribution in [0.2, 0.25) is 5.02 Å². The number of carbonyl (C=O) groups is 1. The Hall–Kier alpha value is -1.81. The normalized spacial score (nSPS) is 10.5. The number of ether oxygens (including phenoxy) is 1. The van der Waals surface area contributed by atoms with Gasteiger partial charge in [0.2, 0.25) is 0 Å². The van der Waals surface area contributed by atoms with Gasteiger partial charge in [-0.3, -0.25) is 4.98 Å². The number of fused-ring (bicyclic) bond motifs is 1. The average molecular weight is 279 g/mol. The molecule has 4 nitrogen and oxygen atoms in total. The lowest BCUT2D eigenvalue weighted by Crippen LogP contribution is -2.16. The Morgan fingerprint density at radius 1 is 1.42 bits per heavy atom.